The van der Waals surface area contributed by atoms with Crippen LogP contribution < -0.4 is 10.6 Å². The van der Waals surface area contributed by atoms with Crippen LogP contribution in [0.5, 0.6) is 0 Å². The Morgan fingerprint density at radius 2 is 1.86 bits per heavy atom. The minimum Gasteiger partial charge on any atom is -0.412 e. The van der Waals surface area contributed by atoms with Gasteiger partial charge >= 0.3 is 24.1 Å². The van der Waals surface area contributed by atoms with Gasteiger partial charge in [0.15, 0.2) is 0 Å². The number of nitrogens with one attached hydrogen (secondary N) is 2. The molecule has 0 spiro atoms. The number of hydrogen-bond acceptors (Lipinski definition) is 7. The molecule has 0 unspecified atom stereocenters. The second kappa shape index (κ2) is 9.38. The maximum absolute atomic E-state index is 12.3. The Bertz CT molecular complexity index is 780. The minimum absolute atomic E-state index is 0.154. The Balaban J connectivity index is 1.67. The number of ether oxygens (including phenoxy) is 3. The SMILES string of the molecule is O=C1C=CC(=O)OC(C(=O)NC[C@H]2CNCCO[C@@H]2c2ccc(Cl)c(Cl)c2)O1. The Morgan fingerprint density at radius 3 is 2.54 bits per heavy atom. The van der Waals surface area contributed by atoms with E-state index in [0.29, 0.717) is 29.7 Å². The van der Waals surface area contributed by atoms with E-state index in [0.717, 1.165) is 17.7 Å². The van der Waals surface area contributed by atoms with Crippen molar-refractivity contribution in [3.8, 4) is 0 Å². The summed E-state index contributed by atoms with van der Waals surface area (Å²) < 4.78 is 15.5. The number of carbonyl (C=O) groups is 3. The number of carbonyl (C=O) groups excluding carboxylic acids is 3. The van der Waals surface area contributed by atoms with Crippen molar-refractivity contribution in [1.29, 1.82) is 0 Å². The molecule has 2 atom stereocenters. The fourth-order valence-electron chi connectivity index (χ4n) is 2.90. The third kappa shape index (κ3) is 5.23. The van der Waals surface area contributed by atoms with Crippen molar-refractivity contribution in [2.75, 3.05) is 26.2 Å². The van der Waals surface area contributed by atoms with Crippen molar-refractivity contribution in [3.05, 3.63) is 46.0 Å². The fraction of sp³-hybridized carbons (Fsp3) is 0.389. The van der Waals surface area contributed by atoms with Gasteiger partial charge in [0.25, 0.3) is 0 Å². The lowest BCUT2D eigenvalue weighted by molar-refractivity contribution is -0.185. The van der Waals surface area contributed by atoms with Crippen LogP contribution in [-0.2, 0) is 28.6 Å². The number of hydrogen-bond donors (Lipinski definition) is 2. The molecule has 1 aromatic carbocycles. The van der Waals surface area contributed by atoms with Crippen LogP contribution in [0.3, 0.4) is 0 Å². The quantitative estimate of drug-likeness (QED) is 0.697. The summed E-state index contributed by atoms with van der Waals surface area (Å²) in [5, 5.41) is 6.73. The lowest BCUT2D eigenvalue weighted by atomic mass is 9.95. The van der Waals surface area contributed by atoms with Crippen molar-refractivity contribution in [1.82, 2.24) is 10.6 Å². The fourth-order valence-corrected chi connectivity index (χ4v) is 3.20. The molecule has 2 N–H and O–H groups in total. The maximum atomic E-state index is 12.3. The van der Waals surface area contributed by atoms with Crippen LogP contribution in [0.15, 0.2) is 30.4 Å². The highest BCUT2D eigenvalue weighted by molar-refractivity contribution is 6.42. The number of amides is 1. The van der Waals surface area contributed by atoms with E-state index in [1.165, 1.54) is 0 Å². The zero-order valence-electron chi connectivity index (χ0n) is 14.7. The Kier molecular flexibility index (Phi) is 6.90. The average molecular weight is 429 g/mol. The van der Waals surface area contributed by atoms with Crippen molar-refractivity contribution >= 4 is 41.0 Å². The molecule has 0 aliphatic carbocycles. The van der Waals surface area contributed by atoms with Crippen LogP contribution >= 0.6 is 23.2 Å². The van der Waals surface area contributed by atoms with Crippen LogP contribution in [0.25, 0.3) is 0 Å². The molecule has 2 aliphatic heterocycles. The molecule has 0 radical (unpaired) electrons. The molecular formula is C18H18Cl2N2O6. The van der Waals surface area contributed by atoms with E-state index in [-0.39, 0.29) is 18.6 Å². The van der Waals surface area contributed by atoms with E-state index in [1.807, 2.05) is 6.07 Å². The van der Waals surface area contributed by atoms with E-state index in [1.54, 1.807) is 12.1 Å². The molecule has 1 aromatic rings. The van der Waals surface area contributed by atoms with E-state index in [4.69, 9.17) is 37.4 Å². The van der Waals surface area contributed by atoms with Crippen molar-refractivity contribution in [2.24, 2.45) is 5.92 Å². The molecule has 0 aromatic heterocycles. The van der Waals surface area contributed by atoms with Gasteiger partial charge in [0, 0.05) is 37.7 Å². The third-order valence-corrected chi connectivity index (χ3v) is 4.98. The zero-order valence-corrected chi connectivity index (χ0v) is 16.2. The lowest BCUT2D eigenvalue weighted by Gasteiger charge is -2.26. The Morgan fingerprint density at radius 1 is 1.14 bits per heavy atom. The van der Waals surface area contributed by atoms with E-state index >= 15 is 0 Å². The van der Waals surface area contributed by atoms with Crippen molar-refractivity contribution in [3.63, 3.8) is 0 Å². The highest BCUT2D eigenvalue weighted by Crippen LogP contribution is 2.31. The minimum atomic E-state index is -1.64. The zero-order chi connectivity index (χ0) is 20.1. The number of benzene rings is 1. The molecule has 3 rings (SSSR count). The normalized spacial score (nSPS) is 23.4. The van der Waals surface area contributed by atoms with Gasteiger partial charge in [-0.3, -0.25) is 4.79 Å². The predicted molar refractivity (Wildman–Crippen MR) is 99.6 cm³/mol. The molecule has 1 saturated heterocycles. The topological polar surface area (TPSA) is 103 Å². The van der Waals surface area contributed by atoms with Gasteiger partial charge in [-0.2, -0.15) is 0 Å². The first kappa shape index (κ1) is 20.6. The summed E-state index contributed by atoms with van der Waals surface area (Å²) in [6.45, 7) is 1.90. The summed E-state index contributed by atoms with van der Waals surface area (Å²) in [5.74, 6) is -2.56. The molecule has 150 valence electrons. The van der Waals surface area contributed by atoms with Crippen LogP contribution in [-0.4, -0.2) is 50.4 Å². The highest BCUT2D eigenvalue weighted by Gasteiger charge is 2.31. The molecule has 10 heteroatoms. The number of rotatable bonds is 4. The van der Waals surface area contributed by atoms with Crippen LogP contribution in [0, 0.1) is 5.92 Å². The highest BCUT2D eigenvalue weighted by atomic mass is 35.5. The first-order valence-electron chi connectivity index (χ1n) is 8.58. The van der Waals surface area contributed by atoms with Crippen LogP contribution in [0.1, 0.15) is 11.7 Å². The second-order valence-corrected chi connectivity index (χ2v) is 7.03. The van der Waals surface area contributed by atoms with Gasteiger partial charge in [-0.15, -0.1) is 0 Å². The molecular weight excluding hydrogens is 411 g/mol. The lowest BCUT2D eigenvalue weighted by Crippen LogP contribution is -2.43. The second-order valence-electron chi connectivity index (χ2n) is 6.21. The van der Waals surface area contributed by atoms with E-state index in [2.05, 4.69) is 10.6 Å². The summed E-state index contributed by atoms with van der Waals surface area (Å²) in [7, 11) is 0. The Hall–Kier alpha value is -2.13. The monoisotopic (exact) mass is 428 g/mol. The largest absolute Gasteiger partial charge is 0.412 e. The molecule has 0 saturated carbocycles. The van der Waals surface area contributed by atoms with Gasteiger partial charge < -0.3 is 24.8 Å². The standard InChI is InChI=1S/C18H18Cl2N2O6/c19-12-2-1-10(7-13(12)20)16-11(8-21-5-6-26-16)9-22-17(25)18-27-14(23)3-4-15(24)28-18/h1-4,7,11,16,18,21H,5-6,8-9H2,(H,22,25)/t11-,16-/m1/s1. The molecule has 1 fully saturated rings. The average Bonchev–Trinajstić information content (AvgIpc) is 3.00. The summed E-state index contributed by atoms with van der Waals surface area (Å²) in [5.41, 5.74) is 0.828. The molecule has 28 heavy (non-hydrogen) atoms. The first-order chi connectivity index (χ1) is 13.4. The number of cyclic esters (lactones) is 2. The van der Waals surface area contributed by atoms with Crippen molar-refractivity contribution in [2.45, 2.75) is 12.4 Å². The number of esters is 2. The van der Waals surface area contributed by atoms with Gasteiger partial charge in [-0.05, 0) is 17.7 Å². The smallest absolute Gasteiger partial charge is 0.334 e. The first-order valence-corrected chi connectivity index (χ1v) is 9.34. The number of halogens is 2. The van der Waals surface area contributed by atoms with Crippen LogP contribution in [0.2, 0.25) is 10.0 Å². The Labute approximate surface area is 171 Å². The molecule has 2 aliphatic rings. The molecule has 0 bridgehead atoms. The third-order valence-electron chi connectivity index (χ3n) is 4.24. The molecule has 8 nitrogen and oxygen atoms in total. The van der Waals surface area contributed by atoms with Crippen molar-refractivity contribution < 1.29 is 28.6 Å². The molecule has 1 amide bonds. The van der Waals surface area contributed by atoms with E-state index in [9.17, 15) is 14.4 Å². The maximum Gasteiger partial charge on any atom is 0.334 e. The predicted octanol–water partition coefficient (Wildman–Crippen LogP) is 1.37. The van der Waals surface area contributed by atoms with Gasteiger partial charge in [0.2, 0.25) is 0 Å². The summed E-state index contributed by atoms with van der Waals surface area (Å²) in [4.78, 5) is 35.2. The van der Waals surface area contributed by atoms with Gasteiger partial charge in [0.05, 0.1) is 22.8 Å². The summed E-state index contributed by atoms with van der Waals surface area (Å²) >= 11 is 12.1. The summed E-state index contributed by atoms with van der Waals surface area (Å²) in [6.07, 6.45) is -0.179. The van der Waals surface area contributed by atoms with Crippen LogP contribution in [0.4, 0.5) is 0 Å². The van der Waals surface area contributed by atoms with Gasteiger partial charge in [-0.25, -0.2) is 9.59 Å². The summed E-state index contributed by atoms with van der Waals surface area (Å²) in [6, 6.07) is 5.24. The van der Waals surface area contributed by atoms with Gasteiger partial charge in [-0.1, -0.05) is 29.3 Å². The van der Waals surface area contributed by atoms with E-state index < -0.39 is 24.1 Å². The van der Waals surface area contributed by atoms with Gasteiger partial charge in [0.1, 0.15) is 0 Å². The molecule has 2 heterocycles.